The Labute approximate surface area is 121 Å². The van der Waals surface area contributed by atoms with E-state index in [0.29, 0.717) is 23.2 Å². The van der Waals surface area contributed by atoms with Gasteiger partial charge >= 0.3 is 5.76 Å². The summed E-state index contributed by atoms with van der Waals surface area (Å²) in [5, 5.41) is 2.83. The van der Waals surface area contributed by atoms with Gasteiger partial charge in [0.2, 0.25) is 5.91 Å². The quantitative estimate of drug-likeness (QED) is 0.805. The van der Waals surface area contributed by atoms with Crippen LogP contribution in [0.1, 0.15) is 38.5 Å². The molecule has 21 heavy (non-hydrogen) atoms. The zero-order valence-corrected chi connectivity index (χ0v) is 11.8. The van der Waals surface area contributed by atoms with Crippen molar-refractivity contribution in [3.8, 4) is 0 Å². The Morgan fingerprint density at radius 3 is 2.86 bits per heavy atom. The topological polar surface area (TPSA) is 101 Å². The minimum absolute atomic E-state index is 0.0930. The lowest BCUT2D eigenvalue weighted by Crippen LogP contribution is -2.44. The van der Waals surface area contributed by atoms with Crippen molar-refractivity contribution in [2.24, 2.45) is 5.73 Å². The molecule has 3 rings (SSSR count). The minimum Gasteiger partial charge on any atom is -0.408 e. The third kappa shape index (κ3) is 3.16. The fourth-order valence-corrected chi connectivity index (χ4v) is 2.99. The molecule has 6 heteroatoms. The summed E-state index contributed by atoms with van der Waals surface area (Å²) < 4.78 is 4.92. The number of oxazole rings is 1. The number of aromatic amines is 1. The predicted molar refractivity (Wildman–Crippen MR) is 80.1 cm³/mol. The normalized spacial score (nSPS) is 17.8. The van der Waals surface area contributed by atoms with Crippen molar-refractivity contribution in [2.75, 3.05) is 5.32 Å². The number of aromatic nitrogens is 1. The van der Waals surface area contributed by atoms with E-state index in [-0.39, 0.29) is 11.4 Å². The van der Waals surface area contributed by atoms with Crippen molar-refractivity contribution in [3.05, 3.63) is 28.7 Å². The van der Waals surface area contributed by atoms with Gasteiger partial charge in [0.05, 0.1) is 5.52 Å². The first-order valence-electron chi connectivity index (χ1n) is 7.26. The number of hydrogen-bond acceptors (Lipinski definition) is 4. The lowest BCUT2D eigenvalue weighted by molar-refractivity contribution is -0.117. The van der Waals surface area contributed by atoms with Gasteiger partial charge in [0.25, 0.3) is 0 Å². The maximum atomic E-state index is 12.1. The molecule has 4 N–H and O–H groups in total. The number of nitrogens with one attached hydrogen (secondary N) is 2. The number of amides is 1. The highest BCUT2D eigenvalue weighted by atomic mass is 16.4. The van der Waals surface area contributed by atoms with E-state index in [4.69, 9.17) is 10.2 Å². The molecule has 1 aromatic heterocycles. The van der Waals surface area contributed by atoms with Crippen molar-refractivity contribution in [1.82, 2.24) is 4.98 Å². The van der Waals surface area contributed by atoms with Gasteiger partial charge in [-0.25, -0.2) is 4.79 Å². The molecule has 1 aliphatic rings. The molecule has 0 atom stereocenters. The Balaban J connectivity index is 1.69. The zero-order chi connectivity index (χ0) is 14.9. The van der Waals surface area contributed by atoms with E-state index in [2.05, 4.69) is 10.3 Å². The van der Waals surface area contributed by atoms with Crippen molar-refractivity contribution in [1.29, 1.82) is 0 Å². The highest BCUT2D eigenvalue weighted by molar-refractivity contribution is 5.93. The smallest absolute Gasteiger partial charge is 0.408 e. The summed E-state index contributed by atoms with van der Waals surface area (Å²) in [4.78, 5) is 25.8. The van der Waals surface area contributed by atoms with Gasteiger partial charge in [0.1, 0.15) is 0 Å². The van der Waals surface area contributed by atoms with Crippen LogP contribution in [0.25, 0.3) is 11.1 Å². The number of fused-ring (bicyclic) bond motifs is 1. The van der Waals surface area contributed by atoms with Crippen LogP contribution in [0.3, 0.4) is 0 Å². The summed E-state index contributed by atoms with van der Waals surface area (Å²) in [6, 6.07) is 5.05. The molecular formula is C15H19N3O3. The molecule has 1 saturated carbocycles. The predicted octanol–water partition coefficient (Wildman–Crippen LogP) is 2.11. The molecule has 112 valence electrons. The first-order chi connectivity index (χ1) is 10.0. The molecule has 6 nitrogen and oxygen atoms in total. The number of anilines is 1. The van der Waals surface area contributed by atoms with E-state index >= 15 is 0 Å². The summed E-state index contributed by atoms with van der Waals surface area (Å²) in [7, 11) is 0. The second-order valence-electron chi connectivity index (χ2n) is 5.87. The van der Waals surface area contributed by atoms with Crippen LogP contribution >= 0.6 is 0 Å². The summed E-state index contributed by atoms with van der Waals surface area (Å²) in [6.45, 7) is 0. The SMILES string of the molecule is NC1(CC(=O)Nc2ccc3oc(=O)[nH]c3c2)CCCCC1. The first kappa shape index (κ1) is 13.9. The zero-order valence-electron chi connectivity index (χ0n) is 11.8. The standard InChI is InChI=1S/C15H19N3O3/c16-15(6-2-1-3-7-15)9-13(19)17-10-4-5-12-11(8-10)18-14(20)21-12/h4-5,8H,1-3,6-7,9,16H2,(H,17,19)(H,18,20). The van der Waals surface area contributed by atoms with Crippen LogP contribution < -0.4 is 16.8 Å². The van der Waals surface area contributed by atoms with E-state index in [0.717, 1.165) is 25.7 Å². The molecule has 2 aromatic rings. The second-order valence-corrected chi connectivity index (χ2v) is 5.87. The van der Waals surface area contributed by atoms with Gasteiger partial charge in [-0.05, 0) is 31.0 Å². The van der Waals surface area contributed by atoms with E-state index in [1.54, 1.807) is 18.2 Å². The Kier molecular flexibility index (Phi) is 3.55. The highest BCUT2D eigenvalue weighted by Gasteiger charge is 2.29. The molecule has 1 amide bonds. The molecule has 0 unspecified atom stereocenters. The number of benzene rings is 1. The third-order valence-corrected chi connectivity index (χ3v) is 4.06. The largest absolute Gasteiger partial charge is 0.417 e. The minimum atomic E-state index is -0.503. The van der Waals surface area contributed by atoms with Gasteiger partial charge in [-0.1, -0.05) is 19.3 Å². The second kappa shape index (κ2) is 5.37. The molecule has 0 bridgehead atoms. The average molecular weight is 289 g/mol. The van der Waals surface area contributed by atoms with Crippen LogP contribution in [0.5, 0.6) is 0 Å². The summed E-state index contributed by atoms with van der Waals surface area (Å²) in [5.41, 5.74) is 7.57. The highest BCUT2D eigenvalue weighted by Crippen LogP contribution is 2.29. The van der Waals surface area contributed by atoms with Gasteiger partial charge in [-0.15, -0.1) is 0 Å². The first-order valence-corrected chi connectivity index (χ1v) is 7.26. The van der Waals surface area contributed by atoms with Crippen LogP contribution in [-0.2, 0) is 4.79 Å². The molecular weight excluding hydrogens is 270 g/mol. The fraction of sp³-hybridized carbons (Fsp3) is 0.467. The summed E-state index contributed by atoms with van der Waals surface area (Å²) >= 11 is 0. The van der Waals surface area contributed by atoms with Gasteiger partial charge in [0, 0.05) is 17.6 Å². The van der Waals surface area contributed by atoms with E-state index in [9.17, 15) is 9.59 Å². The Hall–Kier alpha value is -2.08. The number of carbonyl (C=O) groups excluding carboxylic acids is 1. The molecule has 1 aliphatic carbocycles. The maximum Gasteiger partial charge on any atom is 0.417 e. The molecule has 1 fully saturated rings. The molecule has 0 saturated heterocycles. The van der Waals surface area contributed by atoms with Crippen molar-refractivity contribution in [3.63, 3.8) is 0 Å². The van der Waals surface area contributed by atoms with Gasteiger partial charge in [-0.2, -0.15) is 0 Å². The fourth-order valence-electron chi connectivity index (χ4n) is 2.99. The van der Waals surface area contributed by atoms with Crippen LogP contribution in [0.15, 0.2) is 27.4 Å². The van der Waals surface area contributed by atoms with Gasteiger partial charge < -0.3 is 15.5 Å². The van der Waals surface area contributed by atoms with E-state index in [1.807, 2.05) is 0 Å². The Morgan fingerprint density at radius 1 is 1.33 bits per heavy atom. The van der Waals surface area contributed by atoms with E-state index in [1.165, 1.54) is 6.42 Å². The number of H-pyrrole nitrogens is 1. The van der Waals surface area contributed by atoms with Crippen molar-refractivity contribution in [2.45, 2.75) is 44.1 Å². The van der Waals surface area contributed by atoms with Crippen LogP contribution in [0.4, 0.5) is 5.69 Å². The van der Waals surface area contributed by atoms with Crippen molar-refractivity contribution >= 4 is 22.7 Å². The number of hydrogen-bond donors (Lipinski definition) is 3. The molecule has 0 spiro atoms. The summed E-state index contributed by atoms with van der Waals surface area (Å²) in [5.74, 6) is -0.596. The van der Waals surface area contributed by atoms with Crippen LogP contribution in [0.2, 0.25) is 0 Å². The summed E-state index contributed by atoms with van der Waals surface area (Å²) in [6.07, 6.45) is 5.50. The van der Waals surface area contributed by atoms with Crippen LogP contribution in [0, 0.1) is 0 Å². The molecule has 1 heterocycles. The molecule has 1 aromatic carbocycles. The maximum absolute atomic E-state index is 12.1. The average Bonchev–Trinajstić information content (AvgIpc) is 2.78. The van der Waals surface area contributed by atoms with Crippen molar-refractivity contribution < 1.29 is 9.21 Å². The molecule has 0 aliphatic heterocycles. The number of carbonyl (C=O) groups is 1. The third-order valence-electron chi connectivity index (χ3n) is 4.06. The van der Waals surface area contributed by atoms with Gasteiger partial charge in [-0.3, -0.25) is 9.78 Å². The number of nitrogens with two attached hydrogens (primary N) is 1. The van der Waals surface area contributed by atoms with E-state index < -0.39 is 5.76 Å². The lowest BCUT2D eigenvalue weighted by atomic mass is 9.80. The molecule has 0 radical (unpaired) electrons. The van der Waals surface area contributed by atoms with Gasteiger partial charge in [0.15, 0.2) is 5.58 Å². The van der Waals surface area contributed by atoms with Crippen LogP contribution in [-0.4, -0.2) is 16.4 Å². The Bertz CT molecular complexity index is 710. The Morgan fingerprint density at radius 2 is 2.10 bits per heavy atom. The monoisotopic (exact) mass is 289 g/mol. The number of rotatable bonds is 3. The lowest BCUT2D eigenvalue weighted by Gasteiger charge is -2.32.